The molecule has 0 fully saturated rings. The molecule has 4 rings (SSSR count). The maximum Gasteiger partial charge on any atom is 0.136 e. The topological polar surface area (TPSA) is 41.3 Å². The van der Waals surface area contributed by atoms with E-state index in [9.17, 15) is 5.11 Å². The molecular weight excluding hydrogens is 274 g/mol. The minimum absolute atomic E-state index is 0.0287. The van der Waals surface area contributed by atoms with Gasteiger partial charge in [0.05, 0.1) is 17.7 Å². The van der Waals surface area contributed by atoms with Crippen LogP contribution in [0, 0.1) is 0 Å². The third-order valence-corrected chi connectivity index (χ3v) is 4.43. The summed E-state index contributed by atoms with van der Waals surface area (Å²) in [5.74, 6) is 0.736. The standard InChI is InChI=1S/C18H19N3O/c22-12-18-19-16-7-3-4-8-17(16)21(18)13-20-10-9-14-5-1-2-6-15(14)11-20/h1-8,22H,9-13H2. The van der Waals surface area contributed by atoms with Crippen molar-refractivity contribution in [1.29, 1.82) is 0 Å². The molecule has 3 aromatic rings. The lowest BCUT2D eigenvalue weighted by molar-refractivity contribution is 0.190. The molecule has 0 saturated carbocycles. The molecular formula is C18H19N3O. The quantitative estimate of drug-likeness (QED) is 0.807. The van der Waals surface area contributed by atoms with Crippen LogP contribution in [0.4, 0.5) is 0 Å². The Kier molecular flexibility index (Phi) is 3.41. The molecule has 1 aliphatic heterocycles. The lowest BCUT2D eigenvalue weighted by atomic mass is 10.0. The van der Waals surface area contributed by atoms with Crippen molar-refractivity contribution in [2.24, 2.45) is 0 Å². The summed E-state index contributed by atoms with van der Waals surface area (Å²) in [7, 11) is 0. The zero-order chi connectivity index (χ0) is 14.9. The number of fused-ring (bicyclic) bond motifs is 2. The fourth-order valence-electron chi connectivity index (χ4n) is 3.28. The van der Waals surface area contributed by atoms with Gasteiger partial charge < -0.3 is 9.67 Å². The zero-order valence-electron chi connectivity index (χ0n) is 12.4. The maximum atomic E-state index is 9.60. The number of hydrogen-bond acceptors (Lipinski definition) is 3. The maximum absolute atomic E-state index is 9.60. The number of para-hydroxylation sites is 2. The molecule has 1 N–H and O–H groups in total. The molecule has 4 nitrogen and oxygen atoms in total. The Bertz CT molecular complexity index is 809. The van der Waals surface area contributed by atoms with E-state index in [0.29, 0.717) is 0 Å². The van der Waals surface area contributed by atoms with Gasteiger partial charge in [0.2, 0.25) is 0 Å². The highest BCUT2D eigenvalue weighted by molar-refractivity contribution is 5.75. The van der Waals surface area contributed by atoms with Crippen molar-refractivity contribution in [3.05, 3.63) is 65.5 Å². The fourth-order valence-corrected chi connectivity index (χ4v) is 3.28. The highest BCUT2D eigenvalue weighted by Gasteiger charge is 2.18. The van der Waals surface area contributed by atoms with Gasteiger partial charge in [-0.25, -0.2) is 4.98 Å². The van der Waals surface area contributed by atoms with Crippen LogP contribution in [0.3, 0.4) is 0 Å². The molecule has 0 atom stereocenters. The highest BCUT2D eigenvalue weighted by atomic mass is 16.3. The summed E-state index contributed by atoms with van der Waals surface area (Å²) in [6.45, 7) is 2.73. The van der Waals surface area contributed by atoms with E-state index in [1.165, 1.54) is 11.1 Å². The summed E-state index contributed by atoms with van der Waals surface area (Å²) in [6, 6.07) is 16.7. The second-order valence-electron chi connectivity index (χ2n) is 5.82. The number of imidazole rings is 1. The van der Waals surface area contributed by atoms with Crippen LogP contribution in [0.1, 0.15) is 17.0 Å². The van der Waals surface area contributed by atoms with Crippen molar-refractivity contribution in [2.75, 3.05) is 6.54 Å². The highest BCUT2D eigenvalue weighted by Crippen LogP contribution is 2.22. The predicted octanol–water partition coefficient (Wildman–Crippen LogP) is 2.54. The van der Waals surface area contributed by atoms with Crippen molar-refractivity contribution in [1.82, 2.24) is 14.5 Å². The molecule has 0 radical (unpaired) electrons. The molecule has 0 bridgehead atoms. The van der Waals surface area contributed by atoms with Crippen LogP contribution in [0.15, 0.2) is 48.5 Å². The Morgan fingerprint density at radius 3 is 2.64 bits per heavy atom. The van der Waals surface area contributed by atoms with E-state index in [2.05, 4.69) is 44.8 Å². The van der Waals surface area contributed by atoms with E-state index in [0.717, 1.165) is 43.0 Å². The summed E-state index contributed by atoms with van der Waals surface area (Å²) in [6.07, 6.45) is 1.08. The minimum Gasteiger partial charge on any atom is -0.388 e. The summed E-state index contributed by atoms with van der Waals surface area (Å²) in [4.78, 5) is 6.94. The Morgan fingerprint density at radius 2 is 1.77 bits per heavy atom. The first kappa shape index (κ1) is 13.5. The van der Waals surface area contributed by atoms with Crippen LogP contribution in [0.5, 0.6) is 0 Å². The molecule has 22 heavy (non-hydrogen) atoms. The van der Waals surface area contributed by atoms with Gasteiger partial charge in [-0.2, -0.15) is 0 Å². The van der Waals surface area contributed by atoms with Crippen LogP contribution in [0.25, 0.3) is 11.0 Å². The zero-order valence-corrected chi connectivity index (χ0v) is 12.4. The van der Waals surface area contributed by atoms with Gasteiger partial charge in [-0.15, -0.1) is 0 Å². The molecule has 1 aromatic heterocycles. The van der Waals surface area contributed by atoms with Gasteiger partial charge in [-0.3, -0.25) is 4.90 Å². The monoisotopic (exact) mass is 293 g/mol. The van der Waals surface area contributed by atoms with Crippen LogP contribution in [-0.4, -0.2) is 26.1 Å². The number of aliphatic hydroxyl groups excluding tert-OH is 1. The third kappa shape index (κ3) is 2.30. The van der Waals surface area contributed by atoms with Crippen LogP contribution in [-0.2, 0) is 26.2 Å². The summed E-state index contributed by atoms with van der Waals surface area (Å²) < 4.78 is 2.13. The summed E-state index contributed by atoms with van der Waals surface area (Å²) >= 11 is 0. The van der Waals surface area contributed by atoms with Crippen molar-refractivity contribution >= 4 is 11.0 Å². The molecule has 0 aliphatic carbocycles. The van der Waals surface area contributed by atoms with E-state index in [1.54, 1.807) is 0 Å². The number of nitrogens with zero attached hydrogens (tertiary/aromatic N) is 3. The van der Waals surface area contributed by atoms with E-state index in [1.807, 2.05) is 18.2 Å². The molecule has 0 amide bonds. The largest absolute Gasteiger partial charge is 0.388 e. The van der Waals surface area contributed by atoms with E-state index >= 15 is 0 Å². The summed E-state index contributed by atoms with van der Waals surface area (Å²) in [5, 5.41) is 9.60. The fraction of sp³-hybridized carbons (Fsp3) is 0.278. The molecule has 1 aliphatic rings. The Hall–Kier alpha value is -2.17. The number of hydrogen-bond donors (Lipinski definition) is 1. The van der Waals surface area contributed by atoms with Gasteiger partial charge in [0.15, 0.2) is 0 Å². The predicted molar refractivity (Wildman–Crippen MR) is 86.2 cm³/mol. The van der Waals surface area contributed by atoms with E-state index in [4.69, 9.17) is 0 Å². The number of rotatable bonds is 3. The molecule has 0 saturated heterocycles. The van der Waals surface area contributed by atoms with Crippen molar-refractivity contribution in [3.63, 3.8) is 0 Å². The first-order chi connectivity index (χ1) is 10.8. The van der Waals surface area contributed by atoms with Gasteiger partial charge in [0, 0.05) is 13.1 Å². The Balaban J connectivity index is 1.64. The lowest BCUT2D eigenvalue weighted by Gasteiger charge is -2.29. The van der Waals surface area contributed by atoms with Gasteiger partial charge in [0.1, 0.15) is 12.4 Å². The van der Waals surface area contributed by atoms with Crippen molar-refractivity contribution in [2.45, 2.75) is 26.2 Å². The normalized spacial score (nSPS) is 15.1. The minimum atomic E-state index is -0.0287. The second-order valence-corrected chi connectivity index (χ2v) is 5.82. The van der Waals surface area contributed by atoms with Crippen LogP contribution in [0.2, 0.25) is 0 Å². The van der Waals surface area contributed by atoms with Gasteiger partial charge in [-0.1, -0.05) is 36.4 Å². The van der Waals surface area contributed by atoms with E-state index < -0.39 is 0 Å². The molecule has 2 heterocycles. The molecule has 0 spiro atoms. The average molecular weight is 293 g/mol. The van der Waals surface area contributed by atoms with Gasteiger partial charge in [-0.05, 0) is 29.7 Å². The Labute approximate surface area is 129 Å². The van der Waals surface area contributed by atoms with Crippen LogP contribution < -0.4 is 0 Å². The number of benzene rings is 2. The SMILES string of the molecule is OCc1nc2ccccc2n1CN1CCc2ccccc2C1. The van der Waals surface area contributed by atoms with Crippen LogP contribution >= 0.6 is 0 Å². The second kappa shape index (κ2) is 5.55. The lowest BCUT2D eigenvalue weighted by Crippen LogP contribution is -2.32. The first-order valence-electron chi connectivity index (χ1n) is 7.69. The smallest absolute Gasteiger partial charge is 0.136 e. The number of aliphatic hydroxyl groups is 1. The molecule has 4 heteroatoms. The van der Waals surface area contributed by atoms with Crippen molar-refractivity contribution in [3.8, 4) is 0 Å². The van der Waals surface area contributed by atoms with E-state index in [-0.39, 0.29) is 6.61 Å². The van der Waals surface area contributed by atoms with Crippen molar-refractivity contribution < 1.29 is 5.11 Å². The summed E-state index contributed by atoms with van der Waals surface area (Å²) in [5.41, 5.74) is 4.90. The number of aromatic nitrogens is 2. The first-order valence-corrected chi connectivity index (χ1v) is 7.69. The Morgan fingerprint density at radius 1 is 1.00 bits per heavy atom. The molecule has 112 valence electrons. The van der Waals surface area contributed by atoms with Gasteiger partial charge in [0.25, 0.3) is 0 Å². The van der Waals surface area contributed by atoms with Gasteiger partial charge >= 0.3 is 0 Å². The molecule has 2 aromatic carbocycles. The molecule has 0 unspecified atom stereocenters. The third-order valence-electron chi connectivity index (χ3n) is 4.43. The average Bonchev–Trinajstić information content (AvgIpc) is 2.93.